The topological polar surface area (TPSA) is 65.9 Å². The van der Waals surface area contributed by atoms with E-state index in [4.69, 9.17) is 4.74 Å². The minimum atomic E-state index is -0.534. The molecule has 1 unspecified atom stereocenters. The lowest BCUT2D eigenvalue weighted by molar-refractivity contribution is 0.0280. The maximum absolute atomic E-state index is 9.86. The van der Waals surface area contributed by atoms with Crippen LogP contribution in [-0.4, -0.2) is 43.5 Å². The first kappa shape index (κ1) is 21.6. The molecule has 0 aliphatic heterocycles. The standard InChI is InChI=1S/C15H27N3O2S.HI/c1-4-16-15(17-7-13-5-6-21-11-13)18-8-14(19)10-20-9-12(2)3;/h5-6,11-12,14,19H,4,7-10H2,1-3H3,(H2,16,17,18);1H. The largest absolute Gasteiger partial charge is 0.389 e. The molecule has 0 aliphatic rings. The van der Waals surface area contributed by atoms with Crippen LogP contribution in [-0.2, 0) is 11.3 Å². The van der Waals surface area contributed by atoms with Crippen molar-refractivity contribution in [3.63, 3.8) is 0 Å². The molecule has 0 bridgehead atoms. The Morgan fingerprint density at radius 2 is 2.14 bits per heavy atom. The first-order chi connectivity index (χ1) is 10.1. The van der Waals surface area contributed by atoms with Crippen molar-refractivity contribution in [2.45, 2.75) is 33.4 Å². The number of hydrogen-bond acceptors (Lipinski definition) is 4. The Balaban J connectivity index is 0.00000441. The number of nitrogens with one attached hydrogen (secondary N) is 2. The van der Waals surface area contributed by atoms with Crippen LogP contribution in [0.4, 0.5) is 0 Å². The lowest BCUT2D eigenvalue weighted by Gasteiger charge is -2.16. The van der Waals surface area contributed by atoms with Gasteiger partial charge in [0.15, 0.2) is 5.96 Å². The van der Waals surface area contributed by atoms with E-state index in [2.05, 4.69) is 40.9 Å². The monoisotopic (exact) mass is 441 g/mol. The normalized spacial score (nSPS) is 12.9. The summed E-state index contributed by atoms with van der Waals surface area (Å²) in [7, 11) is 0. The molecule has 0 radical (unpaired) electrons. The molecule has 1 rings (SSSR count). The van der Waals surface area contributed by atoms with Crippen molar-refractivity contribution in [2.24, 2.45) is 10.9 Å². The molecule has 5 nitrogen and oxygen atoms in total. The molecule has 3 N–H and O–H groups in total. The number of aliphatic hydroxyl groups excluding tert-OH is 1. The molecule has 0 saturated carbocycles. The Morgan fingerprint density at radius 1 is 1.36 bits per heavy atom. The number of aliphatic imine (C=N–C) groups is 1. The molecular weight excluding hydrogens is 413 g/mol. The fourth-order valence-electron chi connectivity index (χ4n) is 1.61. The van der Waals surface area contributed by atoms with Gasteiger partial charge in [0.2, 0.25) is 0 Å². The smallest absolute Gasteiger partial charge is 0.191 e. The summed E-state index contributed by atoms with van der Waals surface area (Å²) in [5, 5.41) is 20.3. The first-order valence-corrected chi connectivity index (χ1v) is 8.35. The maximum atomic E-state index is 9.86. The van der Waals surface area contributed by atoms with Crippen LogP contribution in [0.15, 0.2) is 21.8 Å². The van der Waals surface area contributed by atoms with Crippen molar-refractivity contribution in [1.29, 1.82) is 0 Å². The number of nitrogens with zero attached hydrogens (tertiary/aromatic N) is 1. The van der Waals surface area contributed by atoms with Gasteiger partial charge in [-0.15, -0.1) is 24.0 Å². The highest BCUT2D eigenvalue weighted by molar-refractivity contribution is 14.0. The number of rotatable bonds is 9. The molecule has 1 atom stereocenters. The van der Waals surface area contributed by atoms with Crippen molar-refractivity contribution < 1.29 is 9.84 Å². The zero-order chi connectivity index (χ0) is 15.5. The van der Waals surface area contributed by atoms with Gasteiger partial charge in [0.1, 0.15) is 0 Å². The quantitative estimate of drug-likeness (QED) is 0.313. The van der Waals surface area contributed by atoms with Crippen LogP contribution in [0.1, 0.15) is 26.3 Å². The molecule has 0 aliphatic carbocycles. The summed E-state index contributed by atoms with van der Waals surface area (Å²) in [5.74, 6) is 1.20. The number of guanidine groups is 1. The van der Waals surface area contributed by atoms with Crippen molar-refractivity contribution >= 4 is 41.3 Å². The van der Waals surface area contributed by atoms with E-state index < -0.39 is 6.10 Å². The van der Waals surface area contributed by atoms with E-state index in [9.17, 15) is 5.11 Å². The van der Waals surface area contributed by atoms with Gasteiger partial charge in [-0.05, 0) is 35.2 Å². The summed E-state index contributed by atoms with van der Waals surface area (Å²) in [6.07, 6.45) is -0.534. The van der Waals surface area contributed by atoms with E-state index in [0.717, 1.165) is 6.54 Å². The second-order valence-electron chi connectivity index (χ2n) is 5.29. The predicted molar refractivity (Wildman–Crippen MR) is 104 cm³/mol. The summed E-state index contributed by atoms with van der Waals surface area (Å²) in [4.78, 5) is 4.49. The lowest BCUT2D eigenvalue weighted by atomic mass is 10.2. The third-order valence-electron chi connectivity index (χ3n) is 2.61. The van der Waals surface area contributed by atoms with Crippen molar-refractivity contribution in [2.75, 3.05) is 26.3 Å². The van der Waals surface area contributed by atoms with Gasteiger partial charge in [-0.2, -0.15) is 11.3 Å². The van der Waals surface area contributed by atoms with E-state index >= 15 is 0 Å². The Morgan fingerprint density at radius 3 is 2.73 bits per heavy atom. The maximum Gasteiger partial charge on any atom is 0.191 e. The van der Waals surface area contributed by atoms with Gasteiger partial charge in [-0.3, -0.25) is 0 Å². The van der Waals surface area contributed by atoms with Crippen molar-refractivity contribution in [3.05, 3.63) is 22.4 Å². The van der Waals surface area contributed by atoms with Crippen LogP contribution >= 0.6 is 35.3 Å². The second-order valence-corrected chi connectivity index (χ2v) is 6.07. The van der Waals surface area contributed by atoms with Crippen molar-refractivity contribution in [1.82, 2.24) is 10.6 Å². The molecule has 0 saturated heterocycles. The molecule has 0 spiro atoms. The Labute approximate surface area is 154 Å². The molecule has 128 valence electrons. The van der Waals surface area contributed by atoms with Crippen molar-refractivity contribution in [3.8, 4) is 0 Å². The summed E-state index contributed by atoms with van der Waals surface area (Å²) < 4.78 is 5.42. The van der Waals surface area contributed by atoms with Crippen LogP contribution in [0, 0.1) is 5.92 Å². The van der Waals surface area contributed by atoms with Crippen LogP contribution in [0.2, 0.25) is 0 Å². The molecule has 7 heteroatoms. The minimum absolute atomic E-state index is 0. The van der Waals surface area contributed by atoms with E-state index in [1.165, 1.54) is 5.56 Å². The first-order valence-electron chi connectivity index (χ1n) is 7.40. The summed E-state index contributed by atoms with van der Waals surface area (Å²) in [6.45, 7) is 9.06. The average molecular weight is 441 g/mol. The van der Waals surface area contributed by atoms with Gasteiger partial charge in [0.25, 0.3) is 0 Å². The van der Waals surface area contributed by atoms with Crippen LogP contribution in [0.3, 0.4) is 0 Å². The molecule has 0 fully saturated rings. The SMILES string of the molecule is CCNC(=NCc1ccsc1)NCC(O)COCC(C)C.I. The zero-order valence-corrected chi connectivity index (χ0v) is 16.7. The Bertz CT molecular complexity index is 400. The average Bonchev–Trinajstić information content (AvgIpc) is 2.94. The number of halogens is 1. The number of ether oxygens (including phenoxy) is 1. The van der Waals surface area contributed by atoms with Gasteiger partial charge in [0.05, 0.1) is 19.3 Å². The molecular formula is C15H28IN3O2S. The number of aliphatic hydroxyl groups is 1. The van der Waals surface area contributed by atoms with Crippen LogP contribution < -0.4 is 10.6 Å². The van der Waals surface area contributed by atoms with Gasteiger partial charge in [0, 0.05) is 19.7 Å². The van der Waals surface area contributed by atoms with Gasteiger partial charge < -0.3 is 20.5 Å². The number of thiophene rings is 1. The highest BCUT2D eigenvalue weighted by atomic mass is 127. The summed E-state index contributed by atoms with van der Waals surface area (Å²) in [5.41, 5.74) is 1.19. The van der Waals surface area contributed by atoms with E-state index in [0.29, 0.717) is 38.2 Å². The molecule has 1 aromatic rings. The summed E-state index contributed by atoms with van der Waals surface area (Å²) in [6, 6.07) is 2.06. The van der Waals surface area contributed by atoms with Gasteiger partial charge in [-0.25, -0.2) is 4.99 Å². The molecule has 22 heavy (non-hydrogen) atoms. The Kier molecular flexibility index (Phi) is 12.9. The highest BCUT2D eigenvalue weighted by Crippen LogP contribution is 2.06. The van der Waals surface area contributed by atoms with E-state index in [1.54, 1.807) is 11.3 Å². The predicted octanol–water partition coefficient (Wildman–Crippen LogP) is 2.45. The molecule has 0 aromatic carbocycles. The molecule has 1 heterocycles. The summed E-state index contributed by atoms with van der Waals surface area (Å²) >= 11 is 1.67. The molecule has 0 amide bonds. The third kappa shape index (κ3) is 10.4. The second kappa shape index (κ2) is 13.1. The fraction of sp³-hybridized carbons (Fsp3) is 0.667. The molecule has 1 aromatic heterocycles. The van der Waals surface area contributed by atoms with Gasteiger partial charge >= 0.3 is 0 Å². The lowest BCUT2D eigenvalue weighted by Crippen LogP contribution is -2.42. The number of hydrogen-bond donors (Lipinski definition) is 3. The van der Waals surface area contributed by atoms with Gasteiger partial charge in [-0.1, -0.05) is 13.8 Å². The highest BCUT2D eigenvalue weighted by Gasteiger charge is 2.06. The minimum Gasteiger partial charge on any atom is -0.389 e. The van der Waals surface area contributed by atoms with Crippen LogP contribution in [0.5, 0.6) is 0 Å². The van der Waals surface area contributed by atoms with E-state index in [1.807, 2.05) is 12.3 Å². The third-order valence-corrected chi connectivity index (χ3v) is 3.34. The fourth-order valence-corrected chi connectivity index (χ4v) is 2.27. The zero-order valence-electron chi connectivity index (χ0n) is 13.5. The van der Waals surface area contributed by atoms with Crippen LogP contribution in [0.25, 0.3) is 0 Å². The van der Waals surface area contributed by atoms with E-state index in [-0.39, 0.29) is 24.0 Å². The Hall–Kier alpha value is -0.380.